The summed E-state index contributed by atoms with van der Waals surface area (Å²) >= 11 is 0. The quantitative estimate of drug-likeness (QED) is 0.435. The summed E-state index contributed by atoms with van der Waals surface area (Å²) in [6.07, 6.45) is 2.93. The number of rotatable bonds is 5. The Kier molecular flexibility index (Phi) is 5.28. The van der Waals surface area contributed by atoms with Gasteiger partial charge in [-0.2, -0.15) is 0 Å². The minimum Gasteiger partial charge on any atom is -0.203 e. The third kappa shape index (κ3) is 3.79. The van der Waals surface area contributed by atoms with E-state index in [1.807, 2.05) is 30.3 Å². The van der Waals surface area contributed by atoms with E-state index in [1.165, 1.54) is 5.56 Å². The van der Waals surface area contributed by atoms with Crippen molar-refractivity contribution in [3.05, 3.63) is 82.9 Å². The lowest BCUT2D eigenvalue weighted by atomic mass is 10.0. The van der Waals surface area contributed by atoms with Gasteiger partial charge in [0.05, 0.1) is 0 Å². The maximum atomic E-state index is 14.6. The van der Waals surface area contributed by atoms with Crippen LogP contribution in [0.2, 0.25) is 0 Å². The van der Waals surface area contributed by atoms with Crippen LogP contribution >= 0.6 is 0 Å². The molecule has 0 aliphatic heterocycles. The molecule has 0 N–H and O–H groups in total. The summed E-state index contributed by atoms with van der Waals surface area (Å²) < 4.78 is 29.2. The van der Waals surface area contributed by atoms with Gasteiger partial charge in [0.2, 0.25) is 0 Å². The molecule has 0 amide bonds. The minimum absolute atomic E-state index is 0.270. The van der Waals surface area contributed by atoms with Crippen LogP contribution in [0.5, 0.6) is 0 Å². The lowest BCUT2D eigenvalue weighted by Crippen LogP contribution is -1.88. The summed E-state index contributed by atoms with van der Waals surface area (Å²) in [4.78, 5) is 0. The fourth-order valence-electron chi connectivity index (χ4n) is 3.01. The number of fused-ring (bicyclic) bond motifs is 1. The molecule has 2 heteroatoms. The summed E-state index contributed by atoms with van der Waals surface area (Å²) in [6, 6.07) is 18.3. The second kappa shape index (κ2) is 7.60. The maximum Gasteiger partial charge on any atom is 0.166 e. The van der Waals surface area contributed by atoms with Crippen LogP contribution in [0, 0.1) is 0 Å². The van der Waals surface area contributed by atoms with Gasteiger partial charge >= 0.3 is 0 Å². The zero-order valence-electron chi connectivity index (χ0n) is 14.7. The third-order valence-corrected chi connectivity index (χ3v) is 4.51. The third-order valence-electron chi connectivity index (χ3n) is 4.51. The molecule has 0 bridgehead atoms. The molecule has 128 valence electrons. The molecule has 0 radical (unpaired) electrons. The van der Waals surface area contributed by atoms with Gasteiger partial charge in [0.25, 0.3) is 0 Å². The van der Waals surface area contributed by atoms with Gasteiger partial charge in [-0.3, -0.25) is 0 Å². The molecule has 0 fully saturated rings. The van der Waals surface area contributed by atoms with Gasteiger partial charge in [-0.1, -0.05) is 74.9 Å². The van der Waals surface area contributed by atoms with E-state index in [-0.39, 0.29) is 11.1 Å². The van der Waals surface area contributed by atoms with Crippen LogP contribution in [0.25, 0.3) is 22.4 Å². The van der Waals surface area contributed by atoms with E-state index in [2.05, 4.69) is 19.9 Å². The van der Waals surface area contributed by atoms with Crippen LogP contribution in [-0.4, -0.2) is 0 Å². The standard InChI is InChI=1S/C23H22F2/c1-3-5-17-7-9-18(10-8-17)22(24)23(25)21-13-12-19-14-16(4-2)6-11-20(19)15-21/h6-15H,3-5H2,1-2H3. The molecule has 0 saturated heterocycles. The maximum absolute atomic E-state index is 14.6. The summed E-state index contributed by atoms with van der Waals surface area (Å²) in [5.74, 6) is -1.63. The Morgan fingerprint density at radius 2 is 1.24 bits per heavy atom. The van der Waals surface area contributed by atoms with Gasteiger partial charge in [-0.25, -0.2) is 8.78 Å². The predicted molar refractivity (Wildman–Crippen MR) is 103 cm³/mol. The largest absolute Gasteiger partial charge is 0.203 e. The first-order valence-corrected chi connectivity index (χ1v) is 8.80. The van der Waals surface area contributed by atoms with Crippen LogP contribution in [0.3, 0.4) is 0 Å². The average molecular weight is 336 g/mol. The van der Waals surface area contributed by atoms with Gasteiger partial charge < -0.3 is 0 Å². The molecule has 0 aliphatic carbocycles. The van der Waals surface area contributed by atoms with Crippen LogP contribution < -0.4 is 0 Å². The summed E-state index contributed by atoms with van der Waals surface area (Å²) in [6.45, 7) is 4.19. The first kappa shape index (κ1) is 17.3. The lowest BCUT2D eigenvalue weighted by molar-refractivity contribution is 0.700. The summed E-state index contributed by atoms with van der Waals surface area (Å²) in [7, 11) is 0. The molecule has 0 nitrogen and oxygen atoms in total. The minimum atomic E-state index is -0.815. The van der Waals surface area contributed by atoms with Gasteiger partial charge in [-0.15, -0.1) is 0 Å². The SMILES string of the molecule is CCCc1ccc(C(F)=C(F)c2ccc3cc(CC)ccc3c2)cc1. The van der Waals surface area contributed by atoms with Crippen molar-refractivity contribution in [2.75, 3.05) is 0 Å². The van der Waals surface area contributed by atoms with E-state index in [9.17, 15) is 8.78 Å². The molecule has 0 aliphatic rings. The first-order chi connectivity index (χ1) is 12.1. The van der Waals surface area contributed by atoms with Crippen LogP contribution in [0.15, 0.2) is 60.7 Å². The Balaban J connectivity index is 1.95. The van der Waals surface area contributed by atoms with Crippen molar-refractivity contribution in [2.24, 2.45) is 0 Å². The number of hydrogen-bond acceptors (Lipinski definition) is 0. The van der Waals surface area contributed by atoms with Crippen molar-refractivity contribution in [1.82, 2.24) is 0 Å². The lowest BCUT2D eigenvalue weighted by Gasteiger charge is -2.06. The first-order valence-electron chi connectivity index (χ1n) is 8.80. The normalized spacial score (nSPS) is 12.3. The molecule has 3 aromatic rings. The zero-order chi connectivity index (χ0) is 17.8. The Hall–Kier alpha value is -2.48. The van der Waals surface area contributed by atoms with E-state index in [1.54, 1.807) is 24.3 Å². The van der Waals surface area contributed by atoms with E-state index >= 15 is 0 Å². The van der Waals surface area contributed by atoms with Crippen molar-refractivity contribution in [1.29, 1.82) is 0 Å². The number of benzene rings is 3. The highest BCUT2D eigenvalue weighted by Gasteiger charge is 2.12. The monoisotopic (exact) mass is 336 g/mol. The van der Waals surface area contributed by atoms with E-state index in [0.29, 0.717) is 0 Å². The molecule has 0 saturated carbocycles. The number of hydrogen-bond donors (Lipinski definition) is 0. The highest BCUT2D eigenvalue weighted by molar-refractivity contribution is 5.90. The predicted octanol–water partition coefficient (Wildman–Crippen LogP) is 7.12. The van der Waals surface area contributed by atoms with Gasteiger partial charge in [-0.05, 0) is 40.8 Å². The summed E-state index contributed by atoms with van der Waals surface area (Å²) in [5.41, 5.74) is 2.91. The second-order valence-electron chi connectivity index (χ2n) is 6.32. The Morgan fingerprint density at radius 3 is 1.92 bits per heavy atom. The zero-order valence-corrected chi connectivity index (χ0v) is 14.7. The topological polar surface area (TPSA) is 0 Å². The van der Waals surface area contributed by atoms with Crippen LogP contribution in [0.1, 0.15) is 42.5 Å². The summed E-state index contributed by atoms with van der Waals surface area (Å²) in [5, 5.41) is 1.95. The van der Waals surface area contributed by atoms with E-state index < -0.39 is 11.7 Å². The molecule has 25 heavy (non-hydrogen) atoms. The van der Waals surface area contributed by atoms with Gasteiger partial charge in [0.15, 0.2) is 11.7 Å². The molecular formula is C23H22F2. The highest BCUT2D eigenvalue weighted by atomic mass is 19.2. The number of halogens is 2. The van der Waals surface area contributed by atoms with Crippen LogP contribution in [0.4, 0.5) is 8.78 Å². The molecule has 0 atom stereocenters. The van der Waals surface area contributed by atoms with Gasteiger partial charge in [0, 0.05) is 11.1 Å². The van der Waals surface area contributed by atoms with Crippen molar-refractivity contribution >= 4 is 22.4 Å². The van der Waals surface area contributed by atoms with Crippen molar-refractivity contribution in [3.63, 3.8) is 0 Å². The molecular weight excluding hydrogens is 314 g/mol. The van der Waals surface area contributed by atoms with E-state index in [0.717, 1.165) is 35.6 Å². The number of aryl methyl sites for hydroxylation is 2. The van der Waals surface area contributed by atoms with Crippen molar-refractivity contribution < 1.29 is 8.78 Å². The average Bonchev–Trinajstić information content (AvgIpc) is 2.67. The van der Waals surface area contributed by atoms with E-state index in [4.69, 9.17) is 0 Å². The van der Waals surface area contributed by atoms with Crippen LogP contribution in [-0.2, 0) is 12.8 Å². The van der Waals surface area contributed by atoms with Gasteiger partial charge in [0.1, 0.15) is 0 Å². The fraction of sp³-hybridized carbons (Fsp3) is 0.217. The molecule has 0 aromatic heterocycles. The molecule has 3 rings (SSSR count). The fourth-order valence-corrected chi connectivity index (χ4v) is 3.01. The Labute approximate surface area is 147 Å². The Bertz CT molecular complexity index is 905. The molecule has 0 spiro atoms. The second-order valence-corrected chi connectivity index (χ2v) is 6.32. The Morgan fingerprint density at radius 1 is 0.680 bits per heavy atom. The molecule has 0 heterocycles. The highest BCUT2D eigenvalue weighted by Crippen LogP contribution is 2.31. The molecule has 0 unspecified atom stereocenters. The molecule has 3 aromatic carbocycles. The smallest absolute Gasteiger partial charge is 0.166 e. The van der Waals surface area contributed by atoms with Crippen molar-refractivity contribution in [2.45, 2.75) is 33.1 Å². The van der Waals surface area contributed by atoms with Crippen molar-refractivity contribution in [3.8, 4) is 0 Å².